The van der Waals surface area contributed by atoms with E-state index in [-0.39, 0.29) is 12.2 Å². The average Bonchev–Trinajstić information content (AvgIpc) is 3.25. The highest BCUT2D eigenvalue weighted by molar-refractivity contribution is 6.32. The zero-order chi connectivity index (χ0) is 17.2. The van der Waals surface area contributed by atoms with Gasteiger partial charge in [0.2, 0.25) is 0 Å². The quantitative estimate of drug-likeness (QED) is 0.738. The Kier molecular flexibility index (Phi) is 4.37. The Balaban J connectivity index is 1.70. The summed E-state index contributed by atoms with van der Waals surface area (Å²) in [5.41, 5.74) is -0.587. The number of carbonyl (C=O) groups excluding carboxylic acids is 1. The lowest BCUT2D eigenvalue weighted by molar-refractivity contribution is 0.0329. The van der Waals surface area contributed by atoms with Crippen molar-refractivity contribution in [3.05, 3.63) is 65.3 Å². The predicted molar refractivity (Wildman–Crippen MR) is 87.0 cm³/mol. The number of halogens is 1. The van der Waals surface area contributed by atoms with Crippen molar-refractivity contribution < 1.29 is 14.3 Å². The van der Waals surface area contributed by atoms with Gasteiger partial charge in [-0.2, -0.15) is 0 Å². The lowest BCUT2D eigenvalue weighted by atomic mass is 10.0. The van der Waals surface area contributed by atoms with Gasteiger partial charge in [0.25, 0.3) is 5.91 Å². The highest BCUT2D eigenvalue weighted by Crippen LogP contribution is 2.20. The Morgan fingerprint density at radius 1 is 1.38 bits per heavy atom. The number of benzene rings is 1. The molecule has 0 aliphatic heterocycles. The smallest absolute Gasteiger partial charge is 0.273 e. The minimum absolute atomic E-state index is 0.0295. The molecule has 8 heteroatoms. The van der Waals surface area contributed by atoms with Gasteiger partial charge in [-0.1, -0.05) is 28.9 Å². The summed E-state index contributed by atoms with van der Waals surface area (Å²) in [6.07, 6.45) is 2.93. The standard InChI is InChI=1S/C16H15ClN4O3/c1-16(23,14-7-4-8-24-14)10-18-15(22)12-9-21(20-19-12)13-6-3-2-5-11(13)17/h2-9,23H,10H2,1H3,(H,18,22). The fraction of sp³-hybridized carbons (Fsp3) is 0.188. The van der Waals surface area contributed by atoms with E-state index in [0.717, 1.165) is 0 Å². The van der Waals surface area contributed by atoms with Crippen molar-refractivity contribution in [3.8, 4) is 5.69 Å². The molecular weight excluding hydrogens is 332 g/mol. The third kappa shape index (κ3) is 3.32. The molecular formula is C16H15ClN4O3. The number of hydrogen-bond acceptors (Lipinski definition) is 5. The van der Waals surface area contributed by atoms with Gasteiger partial charge in [0.1, 0.15) is 11.4 Å². The van der Waals surface area contributed by atoms with Crippen LogP contribution in [-0.2, 0) is 5.60 Å². The second kappa shape index (κ2) is 6.46. The number of para-hydroxylation sites is 1. The van der Waals surface area contributed by atoms with E-state index in [1.807, 2.05) is 6.07 Å². The van der Waals surface area contributed by atoms with E-state index in [1.54, 1.807) is 37.3 Å². The maximum absolute atomic E-state index is 12.2. The van der Waals surface area contributed by atoms with Gasteiger partial charge in [-0.15, -0.1) is 5.10 Å². The van der Waals surface area contributed by atoms with E-state index in [9.17, 15) is 9.90 Å². The monoisotopic (exact) mass is 346 g/mol. The first-order valence-corrected chi connectivity index (χ1v) is 7.57. The van der Waals surface area contributed by atoms with Crippen molar-refractivity contribution in [1.29, 1.82) is 0 Å². The second-order valence-corrected chi connectivity index (χ2v) is 5.84. The lowest BCUT2D eigenvalue weighted by Gasteiger charge is -2.20. The molecule has 0 aliphatic rings. The first-order valence-electron chi connectivity index (χ1n) is 7.19. The molecule has 1 unspecified atom stereocenters. The third-order valence-electron chi connectivity index (χ3n) is 3.47. The minimum Gasteiger partial charge on any atom is -0.466 e. The minimum atomic E-state index is -1.32. The Morgan fingerprint density at radius 2 is 2.17 bits per heavy atom. The highest BCUT2D eigenvalue weighted by Gasteiger charge is 2.27. The SMILES string of the molecule is CC(O)(CNC(=O)c1cn(-c2ccccc2Cl)nn1)c1ccco1. The van der Waals surface area contributed by atoms with Gasteiger partial charge < -0.3 is 14.8 Å². The summed E-state index contributed by atoms with van der Waals surface area (Å²) in [6.45, 7) is 1.52. The van der Waals surface area contributed by atoms with Crippen LogP contribution in [0.1, 0.15) is 23.2 Å². The number of rotatable bonds is 5. The molecule has 124 valence electrons. The van der Waals surface area contributed by atoms with E-state index >= 15 is 0 Å². The molecule has 0 saturated heterocycles. The van der Waals surface area contributed by atoms with Gasteiger partial charge in [-0.3, -0.25) is 4.79 Å². The highest BCUT2D eigenvalue weighted by atomic mass is 35.5. The van der Waals surface area contributed by atoms with Crippen LogP contribution in [0.4, 0.5) is 0 Å². The Labute approximate surface area is 142 Å². The zero-order valence-electron chi connectivity index (χ0n) is 12.8. The number of nitrogens with zero attached hydrogens (tertiary/aromatic N) is 3. The fourth-order valence-corrected chi connectivity index (χ4v) is 2.36. The molecule has 1 aromatic carbocycles. The van der Waals surface area contributed by atoms with Crippen LogP contribution in [0, 0.1) is 0 Å². The predicted octanol–water partition coefficient (Wildman–Crippen LogP) is 2.15. The van der Waals surface area contributed by atoms with Gasteiger partial charge in [0.05, 0.1) is 29.7 Å². The van der Waals surface area contributed by atoms with Crippen LogP contribution in [0.5, 0.6) is 0 Å². The fourth-order valence-electron chi connectivity index (χ4n) is 2.14. The first-order chi connectivity index (χ1) is 11.5. The topological polar surface area (TPSA) is 93.2 Å². The lowest BCUT2D eigenvalue weighted by Crippen LogP contribution is -2.38. The largest absolute Gasteiger partial charge is 0.466 e. The second-order valence-electron chi connectivity index (χ2n) is 5.43. The molecule has 0 bridgehead atoms. The van der Waals surface area contributed by atoms with Crippen molar-refractivity contribution in [3.63, 3.8) is 0 Å². The maximum Gasteiger partial charge on any atom is 0.273 e. The Hall–Kier alpha value is -2.64. The summed E-state index contributed by atoms with van der Waals surface area (Å²) in [4.78, 5) is 12.2. The summed E-state index contributed by atoms with van der Waals surface area (Å²) in [6, 6.07) is 10.4. The zero-order valence-corrected chi connectivity index (χ0v) is 13.6. The van der Waals surface area contributed by atoms with E-state index in [0.29, 0.717) is 16.5 Å². The number of carbonyl (C=O) groups is 1. The van der Waals surface area contributed by atoms with E-state index in [1.165, 1.54) is 17.1 Å². The van der Waals surface area contributed by atoms with Crippen LogP contribution in [0.3, 0.4) is 0 Å². The van der Waals surface area contributed by atoms with E-state index in [4.69, 9.17) is 16.0 Å². The van der Waals surface area contributed by atoms with Crippen LogP contribution < -0.4 is 5.32 Å². The molecule has 0 saturated carbocycles. The van der Waals surface area contributed by atoms with Crippen molar-refractivity contribution >= 4 is 17.5 Å². The van der Waals surface area contributed by atoms with Gasteiger partial charge in [-0.05, 0) is 31.2 Å². The molecule has 2 aromatic heterocycles. The Bertz CT molecular complexity index is 843. The van der Waals surface area contributed by atoms with Crippen LogP contribution >= 0.6 is 11.6 Å². The molecule has 7 nitrogen and oxygen atoms in total. The van der Waals surface area contributed by atoms with Crippen molar-refractivity contribution in [2.75, 3.05) is 6.54 Å². The summed E-state index contributed by atoms with van der Waals surface area (Å²) in [5, 5.41) is 21.2. The van der Waals surface area contributed by atoms with E-state index in [2.05, 4.69) is 15.6 Å². The number of aliphatic hydroxyl groups is 1. The Morgan fingerprint density at radius 3 is 2.88 bits per heavy atom. The van der Waals surface area contributed by atoms with Gasteiger partial charge in [0, 0.05) is 0 Å². The molecule has 1 atom stereocenters. The molecule has 24 heavy (non-hydrogen) atoms. The number of hydrogen-bond donors (Lipinski definition) is 2. The van der Waals surface area contributed by atoms with Crippen LogP contribution in [0.2, 0.25) is 5.02 Å². The molecule has 0 spiro atoms. The maximum atomic E-state index is 12.2. The molecule has 3 aromatic rings. The summed E-state index contributed by atoms with van der Waals surface area (Å²) in [5.74, 6) is -0.0948. The molecule has 2 N–H and O–H groups in total. The van der Waals surface area contributed by atoms with E-state index < -0.39 is 11.5 Å². The average molecular weight is 347 g/mol. The molecule has 0 radical (unpaired) electrons. The van der Waals surface area contributed by atoms with Crippen LogP contribution in [-0.4, -0.2) is 32.6 Å². The summed E-state index contributed by atoms with van der Waals surface area (Å²) >= 11 is 6.09. The molecule has 0 aliphatic carbocycles. The van der Waals surface area contributed by atoms with Gasteiger partial charge >= 0.3 is 0 Å². The number of furan rings is 1. The molecule has 0 fully saturated rings. The molecule has 1 amide bonds. The number of nitrogens with one attached hydrogen (secondary N) is 1. The van der Waals surface area contributed by atoms with Crippen molar-refractivity contribution in [1.82, 2.24) is 20.3 Å². The van der Waals surface area contributed by atoms with Crippen LogP contribution in [0.25, 0.3) is 5.69 Å². The summed E-state index contributed by atoms with van der Waals surface area (Å²) in [7, 11) is 0. The normalized spacial score (nSPS) is 13.5. The number of amides is 1. The third-order valence-corrected chi connectivity index (χ3v) is 3.79. The van der Waals surface area contributed by atoms with Crippen LogP contribution in [0.15, 0.2) is 53.3 Å². The van der Waals surface area contributed by atoms with Crippen molar-refractivity contribution in [2.24, 2.45) is 0 Å². The number of aromatic nitrogens is 3. The van der Waals surface area contributed by atoms with Crippen molar-refractivity contribution in [2.45, 2.75) is 12.5 Å². The first kappa shape index (κ1) is 16.2. The molecule has 2 heterocycles. The summed E-state index contributed by atoms with van der Waals surface area (Å²) < 4.78 is 6.58. The van der Waals surface area contributed by atoms with Gasteiger partial charge in [0.15, 0.2) is 5.69 Å². The van der Waals surface area contributed by atoms with Gasteiger partial charge in [-0.25, -0.2) is 4.68 Å². The molecule has 3 rings (SSSR count).